The highest BCUT2D eigenvalue weighted by Gasteiger charge is 2.45. The lowest BCUT2D eigenvalue weighted by molar-refractivity contribution is -0.117. The largest absolute Gasteiger partial charge is 0.461 e. The van der Waals surface area contributed by atoms with E-state index in [1.165, 1.54) is 18.3 Å². The van der Waals surface area contributed by atoms with Crippen LogP contribution in [-0.2, 0) is 16.0 Å². The number of nitrogens with zero attached hydrogens (tertiary/aromatic N) is 7. The van der Waals surface area contributed by atoms with Crippen LogP contribution in [0.4, 0.5) is 30.5 Å². The number of pyridine rings is 2. The molecule has 8 rings (SSSR count). The molecule has 3 aliphatic heterocycles. The number of terminal acetylenes is 1. The van der Waals surface area contributed by atoms with Crippen LogP contribution in [0.5, 0.6) is 6.01 Å². The lowest BCUT2D eigenvalue weighted by Gasteiger charge is -2.37. The van der Waals surface area contributed by atoms with E-state index in [1.54, 1.807) is 19.2 Å². The number of amides is 1. The van der Waals surface area contributed by atoms with Gasteiger partial charge in [-0.15, -0.1) is 6.42 Å². The van der Waals surface area contributed by atoms with E-state index in [0.29, 0.717) is 60.9 Å². The van der Waals surface area contributed by atoms with Crippen molar-refractivity contribution in [3.8, 4) is 18.4 Å². The third-order valence-electron chi connectivity index (χ3n) is 12.4. The predicted molar refractivity (Wildman–Crippen MR) is 223 cm³/mol. The van der Waals surface area contributed by atoms with Gasteiger partial charge in [0.15, 0.2) is 5.82 Å². The predicted octanol–water partition coefficient (Wildman–Crippen LogP) is 5.78. The topological polar surface area (TPSA) is 129 Å². The van der Waals surface area contributed by atoms with Crippen LogP contribution >= 0.6 is 0 Å². The zero-order chi connectivity index (χ0) is 42.3. The minimum atomic E-state index is -1.26. The van der Waals surface area contributed by atoms with Crippen molar-refractivity contribution in [3.05, 3.63) is 83.3 Å². The Morgan fingerprint density at radius 2 is 1.97 bits per heavy atom. The Morgan fingerprint density at radius 3 is 2.72 bits per heavy atom. The molecule has 0 bridgehead atoms. The van der Waals surface area contributed by atoms with Crippen molar-refractivity contribution in [2.45, 2.75) is 94.6 Å². The van der Waals surface area contributed by atoms with Crippen molar-refractivity contribution >= 4 is 34.1 Å². The summed E-state index contributed by atoms with van der Waals surface area (Å²) >= 11 is 0. The van der Waals surface area contributed by atoms with Gasteiger partial charge in [0.1, 0.15) is 35.7 Å². The summed E-state index contributed by atoms with van der Waals surface area (Å²) in [5.74, 6) is 0.784. The van der Waals surface area contributed by atoms with Crippen molar-refractivity contribution in [2.24, 2.45) is 0 Å². The Labute approximate surface area is 348 Å². The standard InChI is InChI=1S/C45H51F3N8O4/c1-6-32-35(47)13-11-28-18-45(5,58)20-33(38(28)32)40-39(48)41-34(22-50-40)42(54-15-9-8-10-30(24-54)51-37(57)7-2)53-43(52-41)60-26-44(4)19-29(46)23-56(44)36-14-12-31(21-49-36)55-16-17-59-25-27(55)3/h1,7,11-14,21-22,27,29-30,33,58H,2,8-10,15-20,23-26H2,3-5H3,(H,51,57)/t27-,29+,30?,33+,44-,45+/m0/s1. The second-order valence-electron chi connectivity index (χ2n) is 17.2. The summed E-state index contributed by atoms with van der Waals surface area (Å²) in [5.41, 5.74) is -0.315. The molecular weight excluding hydrogens is 774 g/mol. The molecule has 0 saturated carbocycles. The Kier molecular flexibility index (Phi) is 11.4. The molecule has 12 nitrogen and oxygen atoms in total. The lowest BCUT2D eigenvalue weighted by Crippen LogP contribution is -2.47. The van der Waals surface area contributed by atoms with Crippen LogP contribution in [0.3, 0.4) is 0 Å². The third-order valence-corrected chi connectivity index (χ3v) is 12.4. The van der Waals surface area contributed by atoms with Gasteiger partial charge in [0, 0.05) is 56.7 Å². The molecule has 1 unspecified atom stereocenters. The first kappa shape index (κ1) is 41.3. The van der Waals surface area contributed by atoms with Crippen molar-refractivity contribution in [1.29, 1.82) is 0 Å². The zero-order valence-electron chi connectivity index (χ0n) is 34.3. The number of hydrogen-bond donors (Lipinski definition) is 2. The monoisotopic (exact) mass is 824 g/mol. The van der Waals surface area contributed by atoms with Gasteiger partial charge in [0.25, 0.3) is 0 Å². The Bertz CT molecular complexity index is 2320. The maximum absolute atomic E-state index is 17.4. The summed E-state index contributed by atoms with van der Waals surface area (Å²) in [7, 11) is 0. The Morgan fingerprint density at radius 1 is 1.13 bits per heavy atom. The van der Waals surface area contributed by atoms with Crippen LogP contribution in [0, 0.1) is 24.0 Å². The van der Waals surface area contributed by atoms with Crippen molar-refractivity contribution in [1.82, 2.24) is 25.3 Å². The molecule has 0 spiro atoms. The summed E-state index contributed by atoms with van der Waals surface area (Å²) in [4.78, 5) is 37.4. The quantitative estimate of drug-likeness (QED) is 0.158. The van der Waals surface area contributed by atoms with Crippen LogP contribution < -0.4 is 24.8 Å². The highest BCUT2D eigenvalue weighted by molar-refractivity contribution is 5.90. The number of benzene rings is 1. The van der Waals surface area contributed by atoms with E-state index in [0.717, 1.165) is 25.1 Å². The van der Waals surface area contributed by atoms with E-state index in [1.807, 2.05) is 28.9 Å². The molecule has 316 valence electrons. The number of anilines is 3. The molecule has 2 N–H and O–H groups in total. The minimum absolute atomic E-state index is 0.000752. The van der Waals surface area contributed by atoms with Crippen LogP contribution in [0.25, 0.3) is 10.9 Å². The maximum atomic E-state index is 17.4. The molecule has 6 atom stereocenters. The van der Waals surface area contributed by atoms with Gasteiger partial charge in [-0.05, 0) is 81.9 Å². The first-order valence-corrected chi connectivity index (χ1v) is 20.7. The summed E-state index contributed by atoms with van der Waals surface area (Å²) < 4.78 is 59.9. The molecule has 4 aliphatic rings. The molecule has 60 heavy (non-hydrogen) atoms. The second-order valence-corrected chi connectivity index (χ2v) is 17.2. The van der Waals surface area contributed by atoms with Gasteiger partial charge < -0.3 is 34.6 Å². The highest BCUT2D eigenvalue weighted by atomic mass is 19.1. The average molecular weight is 825 g/mol. The normalized spacial score (nSPS) is 26.9. The molecule has 3 aromatic heterocycles. The molecule has 0 radical (unpaired) electrons. The highest BCUT2D eigenvalue weighted by Crippen LogP contribution is 2.45. The summed E-state index contributed by atoms with van der Waals surface area (Å²) in [6, 6.07) is 6.52. The second kappa shape index (κ2) is 16.5. The number of carbonyl (C=O) groups excluding carboxylic acids is 1. The fourth-order valence-corrected chi connectivity index (χ4v) is 9.51. The number of hydrogen-bond acceptors (Lipinski definition) is 11. The Balaban J connectivity index is 1.17. The SMILES string of the molecule is C#Cc1c(F)ccc2c1[C@H](c1ncc3c(N4CCCCC(NC(=O)C=C)C4)nc(OC[C@]4(C)C[C@@H](F)CN4c4ccc(N5CCOC[C@@H]5C)cn4)nc3c1F)C[C@](C)(O)C2. The molecule has 1 aromatic carbocycles. The number of aromatic nitrogens is 4. The van der Waals surface area contributed by atoms with E-state index < -0.39 is 34.9 Å². The number of morpholine rings is 1. The van der Waals surface area contributed by atoms with Crippen LogP contribution in [0.15, 0.2) is 49.3 Å². The van der Waals surface area contributed by atoms with Crippen molar-refractivity contribution in [2.75, 3.05) is 60.7 Å². The van der Waals surface area contributed by atoms with Crippen molar-refractivity contribution < 1.29 is 32.5 Å². The number of rotatable bonds is 9. The zero-order valence-corrected chi connectivity index (χ0v) is 34.3. The number of nitrogens with one attached hydrogen (secondary N) is 1. The van der Waals surface area contributed by atoms with Gasteiger partial charge in [0.2, 0.25) is 5.91 Å². The van der Waals surface area contributed by atoms with Crippen LogP contribution in [-0.4, -0.2) is 106 Å². The fourth-order valence-electron chi connectivity index (χ4n) is 9.51. The lowest BCUT2D eigenvalue weighted by atomic mass is 9.72. The smallest absolute Gasteiger partial charge is 0.319 e. The Hall–Kier alpha value is -5.46. The molecule has 1 aliphatic carbocycles. The maximum Gasteiger partial charge on any atom is 0.319 e. The molecule has 15 heteroatoms. The molecule has 4 aromatic rings. The van der Waals surface area contributed by atoms with Crippen molar-refractivity contribution in [3.63, 3.8) is 0 Å². The number of aliphatic hydroxyl groups is 1. The molecule has 3 fully saturated rings. The third kappa shape index (κ3) is 8.07. The van der Waals surface area contributed by atoms with Crippen LogP contribution in [0.2, 0.25) is 0 Å². The number of ether oxygens (including phenoxy) is 2. The first-order valence-electron chi connectivity index (χ1n) is 20.7. The van der Waals surface area contributed by atoms with Gasteiger partial charge in [-0.2, -0.15) is 9.97 Å². The number of fused-ring (bicyclic) bond motifs is 2. The van der Waals surface area contributed by atoms with E-state index in [2.05, 4.69) is 39.6 Å². The number of carbonyl (C=O) groups is 1. The number of halogens is 3. The molecule has 1 amide bonds. The average Bonchev–Trinajstić information content (AvgIpc) is 3.36. The van der Waals surface area contributed by atoms with E-state index in [-0.39, 0.29) is 73.2 Å². The van der Waals surface area contributed by atoms with Gasteiger partial charge in [-0.25, -0.2) is 18.2 Å². The van der Waals surface area contributed by atoms with Crippen LogP contribution in [0.1, 0.15) is 81.2 Å². The minimum Gasteiger partial charge on any atom is -0.461 e. The summed E-state index contributed by atoms with van der Waals surface area (Å²) in [6.07, 6.45) is 11.9. The molecular formula is C45H51F3N8O4. The van der Waals surface area contributed by atoms with Gasteiger partial charge >= 0.3 is 6.01 Å². The molecule has 6 heterocycles. The summed E-state index contributed by atoms with van der Waals surface area (Å²) in [5, 5.41) is 14.7. The van der Waals surface area contributed by atoms with E-state index in [4.69, 9.17) is 25.9 Å². The summed E-state index contributed by atoms with van der Waals surface area (Å²) in [6.45, 7) is 12.2. The fraction of sp³-hybridized carbons (Fsp3) is 0.489. The van der Waals surface area contributed by atoms with Gasteiger partial charge in [0.05, 0.1) is 59.4 Å². The first-order chi connectivity index (χ1) is 28.8. The van der Waals surface area contributed by atoms with E-state index >= 15 is 13.2 Å². The van der Waals surface area contributed by atoms with Gasteiger partial charge in [-0.1, -0.05) is 18.6 Å². The number of alkyl halides is 1. The van der Waals surface area contributed by atoms with E-state index in [9.17, 15) is 9.90 Å². The van der Waals surface area contributed by atoms with Gasteiger partial charge in [-0.3, -0.25) is 9.78 Å². The molecule has 3 saturated heterocycles.